The third-order valence-corrected chi connectivity index (χ3v) is 3.73. The Morgan fingerprint density at radius 1 is 1.32 bits per heavy atom. The van der Waals surface area contributed by atoms with Crippen molar-refractivity contribution in [2.24, 2.45) is 7.05 Å². The van der Waals surface area contributed by atoms with E-state index in [1.165, 1.54) is 6.92 Å². The molecule has 2 aromatic heterocycles. The van der Waals surface area contributed by atoms with Gasteiger partial charge in [-0.25, -0.2) is 0 Å². The Kier molecular flexibility index (Phi) is 3.29. The molecule has 0 atom stereocenters. The lowest BCUT2D eigenvalue weighted by Crippen LogP contribution is -2.15. The maximum Gasteiger partial charge on any atom is 0.272 e. The van der Waals surface area contributed by atoms with Crippen LogP contribution in [0, 0.1) is 6.92 Å². The number of nitrogens with zero attached hydrogens (tertiary/aromatic N) is 2. The number of aryl methyl sites for hydroxylation is 2. The molecule has 1 amide bonds. The number of carbonyl (C=O) groups excluding carboxylic acids is 2. The number of anilines is 1. The summed E-state index contributed by atoms with van der Waals surface area (Å²) in [7, 11) is 1.74. The van der Waals surface area contributed by atoms with Crippen molar-refractivity contribution in [3.63, 3.8) is 0 Å². The number of Topliss-reactive ketones (excluding diaryl/α,β-unsaturated/α-hetero) is 1. The van der Waals surface area contributed by atoms with Crippen LogP contribution in [-0.4, -0.2) is 26.5 Å². The molecule has 0 aliphatic carbocycles. The van der Waals surface area contributed by atoms with Crippen molar-refractivity contribution < 1.29 is 9.59 Å². The van der Waals surface area contributed by atoms with Crippen LogP contribution in [0.5, 0.6) is 0 Å². The van der Waals surface area contributed by atoms with Gasteiger partial charge in [0.05, 0.1) is 17.4 Å². The Balaban J connectivity index is 1.95. The standard InChI is InChI=1S/C16H16N4O2/c1-9-4-5-13(15-12(9)7-17-19-15)18-16(22)14-6-11(10(2)21)8-20(14)3/h4-8H,1-3H3,(H,17,19)(H,18,22). The molecule has 0 aliphatic rings. The predicted octanol–water partition coefficient (Wildman–Crippen LogP) is 2.66. The van der Waals surface area contributed by atoms with Gasteiger partial charge in [-0.2, -0.15) is 5.10 Å². The highest BCUT2D eigenvalue weighted by molar-refractivity contribution is 6.09. The summed E-state index contributed by atoms with van der Waals surface area (Å²) in [4.78, 5) is 23.9. The van der Waals surface area contributed by atoms with E-state index in [0.29, 0.717) is 16.9 Å². The fraction of sp³-hybridized carbons (Fsp3) is 0.188. The first-order chi connectivity index (χ1) is 10.5. The number of hydrogen-bond donors (Lipinski definition) is 2. The smallest absolute Gasteiger partial charge is 0.272 e. The first-order valence-electron chi connectivity index (χ1n) is 6.88. The molecule has 6 heteroatoms. The molecule has 3 aromatic rings. The Labute approximate surface area is 127 Å². The van der Waals surface area contributed by atoms with E-state index in [-0.39, 0.29) is 11.7 Å². The highest BCUT2D eigenvalue weighted by Crippen LogP contribution is 2.24. The van der Waals surface area contributed by atoms with Crippen molar-refractivity contribution in [2.75, 3.05) is 5.32 Å². The third kappa shape index (κ3) is 2.28. The van der Waals surface area contributed by atoms with Gasteiger partial charge >= 0.3 is 0 Å². The Morgan fingerprint density at radius 2 is 2.09 bits per heavy atom. The quantitative estimate of drug-likeness (QED) is 0.729. The summed E-state index contributed by atoms with van der Waals surface area (Å²) in [5, 5.41) is 10.8. The van der Waals surface area contributed by atoms with Gasteiger partial charge in [-0.1, -0.05) is 6.07 Å². The lowest BCUT2D eigenvalue weighted by Gasteiger charge is -2.08. The second kappa shape index (κ2) is 5.14. The number of ketones is 1. The van der Waals surface area contributed by atoms with Crippen LogP contribution in [0.2, 0.25) is 0 Å². The van der Waals surface area contributed by atoms with Gasteiger partial charge in [0, 0.05) is 24.2 Å². The predicted molar refractivity (Wildman–Crippen MR) is 84.2 cm³/mol. The minimum atomic E-state index is -0.269. The monoisotopic (exact) mass is 296 g/mol. The van der Waals surface area contributed by atoms with Gasteiger partial charge in [0.15, 0.2) is 5.78 Å². The number of carbonyl (C=O) groups is 2. The second-order valence-corrected chi connectivity index (χ2v) is 5.32. The number of aromatic nitrogens is 3. The number of hydrogen-bond acceptors (Lipinski definition) is 3. The molecule has 0 aliphatic heterocycles. The van der Waals surface area contributed by atoms with Gasteiger partial charge in [-0.05, 0) is 31.5 Å². The Hall–Kier alpha value is -2.89. The fourth-order valence-electron chi connectivity index (χ4n) is 2.45. The summed E-state index contributed by atoms with van der Waals surface area (Å²) < 4.78 is 1.64. The van der Waals surface area contributed by atoms with Crippen LogP contribution < -0.4 is 5.32 Å². The minimum Gasteiger partial charge on any atom is -0.346 e. The van der Waals surface area contributed by atoms with Crippen molar-refractivity contribution in [1.82, 2.24) is 14.8 Å². The topological polar surface area (TPSA) is 79.8 Å². The molecule has 1 aromatic carbocycles. The zero-order valence-corrected chi connectivity index (χ0v) is 12.6. The van der Waals surface area contributed by atoms with E-state index in [4.69, 9.17) is 0 Å². The van der Waals surface area contributed by atoms with E-state index in [1.54, 1.807) is 30.1 Å². The maximum atomic E-state index is 12.4. The van der Waals surface area contributed by atoms with Gasteiger partial charge in [-0.15, -0.1) is 0 Å². The zero-order valence-electron chi connectivity index (χ0n) is 12.6. The summed E-state index contributed by atoms with van der Waals surface area (Å²) in [5.74, 6) is -0.337. The summed E-state index contributed by atoms with van der Waals surface area (Å²) in [6.07, 6.45) is 3.38. The van der Waals surface area contributed by atoms with E-state index in [0.717, 1.165) is 16.5 Å². The highest BCUT2D eigenvalue weighted by atomic mass is 16.2. The Morgan fingerprint density at radius 3 is 2.77 bits per heavy atom. The molecule has 0 saturated carbocycles. The van der Waals surface area contributed by atoms with Crippen LogP contribution in [0.25, 0.3) is 10.9 Å². The number of aromatic amines is 1. The molecule has 0 saturated heterocycles. The van der Waals surface area contributed by atoms with Crippen molar-refractivity contribution in [1.29, 1.82) is 0 Å². The molecule has 0 bridgehead atoms. The van der Waals surface area contributed by atoms with Crippen molar-refractivity contribution in [3.8, 4) is 0 Å². The second-order valence-electron chi connectivity index (χ2n) is 5.32. The summed E-state index contributed by atoms with van der Waals surface area (Å²) in [6, 6.07) is 5.36. The third-order valence-electron chi connectivity index (χ3n) is 3.73. The van der Waals surface area contributed by atoms with Crippen LogP contribution in [0.3, 0.4) is 0 Å². The van der Waals surface area contributed by atoms with E-state index in [2.05, 4.69) is 15.5 Å². The average Bonchev–Trinajstić information content (AvgIpc) is 3.09. The lowest BCUT2D eigenvalue weighted by atomic mass is 10.1. The summed E-state index contributed by atoms with van der Waals surface area (Å²) in [5.41, 5.74) is 3.48. The maximum absolute atomic E-state index is 12.4. The molecular formula is C16H16N4O2. The largest absolute Gasteiger partial charge is 0.346 e. The van der Waals surface area contributed by atoms with Crippen molar-refractivity contribution >= 4 is 28.3 Å². The molecule has 0 spiro atoms. The SMILES string of the molecule is CC(=O)c1cc(C(=O)Nc2ccc(C)c3cn[nH]c23)n(C)c1. The first-order valence-corrected chi connectivity index (χ1v) is 6.88. The molecular weight excluding hydrogens is 280 g/mol. The molecule has 0 fully saturated rings. The highest BCUT2D eigenvalue weighted by Gasteiger charge is 2.15. The molecule has 22 heavy (non-hydrogen) atoms. The normalized spacial score (nSPS) is 10.9. The zero-order chi connectivity index (χ0) is 15.9. The molecule has 112 valence electrons. The molecule has 2 heterocycles. The minimum absolute atomic E-state index is 0.0686. The Bertz CT molecular complexity index is 889. The summed E-state index contributed by atoms with van der Waals surface area (Å²) >= 11 is 0. The molecule has 2 N–H and O–H groups in total. The van der Waals surface area contributed by atoms with Crippen LogP contribution in [0.1, 0.15) is 33.3 Å². The van der Waals surface area contributed by atoms with E-state index in [1.807, 2.05) is 19.1 Å². The van der Waals surface area contributed by atoms with Crippen LogP contribution in [-0.2, 0) is 7.05 Å². The summed E-state index contributed by atoms with van der Waals surface area (Å²) in [6.45, 7) is 3.46. The molecule has 6 nitrogen and oxygen atoms in total. The number of fused-ring (bicyclic) bond motifs is 1. The van der Waals surface area contributed by atoms with Gasteiger partial charge in [0.1, 0.15) is 5.69 Å². The first kappa shape index (κ1) is 14.1. The number of nitrogens with one attached hydrogen (secondary N) is 2. The van der Waals surface area contributed by atoms with E-state index < -0.39 is 0 Å². The van der Waals surface area contributed by atoms with Gasteiger partial charge in [0.2, 0.25) is 0 Å². The van der Waals surface area contributed by atoms with Crippen LogP contribution in [0.15, 0.2) is 30.6 Å². The van der Waals surface area contributed by atoms with E-state index in [9.17, 15) is 9.59 Å². The van der Waals surface area contributed by atoms with E-state index >= 15 is 0 Å². The van der Waals surface area contributed by atoms with Crippen molar-refractivity contribution in [3.05, 3.63) is 47.4 Å². The fourth-order valence-corrected chi connectivity index (χ4v) is 2.45. The number of H-pyrrole nitrogens is 1. The molecule has 0 unspecified atom stereocenters. The number of amides is 1. The average molecular weight is 296 g/mol. The van der Waals surface area contributed by atoms with Gasteiger partial charge < -0.3 is 9.88 Å². The van der Waals surface area contributed by atoms with Crippen LogP contribution in [0.4, 0.5) is 5.69 Å². The van der Waals surface area contributed by atoms with Gasteiger partial charge in [0.25, 0.3) is 5.91 Å². The molecule has 0 radical (unpaired) electrons. The number of benzene rings is 1. The van der Waals surface area contributed by atoms with Crippen molar-refractivity contribution in [2.45, 2.75) is 13.8 Å². The molecule has 3 rings (SSSR count). The van der Waals surface area contributed by atoms with Crippen LogP contribution >= 0.6 is 0 Å². The number of rotatable bonds is 3. The lowest BCUT2D eigenvalue weighted by molar-refractivity contribution is 0.101. The van der Waals surface area contributed by atoms with Gasteiger partial charge in [-0.3, -0.25) is 14.7 Å².